The molecule has 4 heteroatoms. The standard InChI is InChI=1S/C21H20FNOS/c22-20-4-2-1-3-16(20)10-14-5-8-19-15(9-14)6-7-17(21(19)24)11-18-12-25-13-23-18/h1-9,17-18,23H,10-13H2. The Bertz CT molecular complexity index is 826. The third-order valence-electron chi connectivity index (χ3n) is 4.91. The van der Waals surface area contributed by atoms with Gasteiger partial charge in [-0.15, -0.1) is 11.8 Å². The van der Waals surface area contributed by atoms with E-state index in [0.29, 0.717) is 18.0 Å². The Kier molecular flexibility index (Phi) is 4.73. The highest BCUT2D eigenvalue weighted by molar-refractivity contribution is 7.99. The molecule has 2 nitrogen and oxygen atoms in total. The summed E-state index contributed by atoms with van der Waals surface area (Å²) in [6.45, 7) is 0. The summed E-state index contributed by atoms with van der Waals surface area (Å²) in [5, 5.41) is 3.43. The number of benzene rings is 2. The Morgan fingerprint density at radius 1 is 1.20 bits per heavy atom. The van der Waals surface area contributed by atoms with Gasteiger partial charge < -0.3 is 5.32 Å². The first-order chi connectivity index (χ1) is 12.2. The fourth-order valence-electron chi connectivity index (χ4n) is 3.53. The number of carbonyl (C=O) groups is 1. The lowest BCUT2D eigenvalue weighted by atomic mass is 9.84. The maximum Gasteiger partial charge on any atom is 0.170 e. The number of hydrogen-bond acceptors (Lipinski definition) is 3. The number of allylic oxidation sites excluding steroid dienone is 1. The number of carbonyl (C=O) groups excluding carboxylic acids is 1. The molecular weight excluding hydrogens is 333 g/mol. The summed E-state index contributed by atoms with van der Waals surface area (Å²) in [6, 6.07) is 13.1. The minimum atomic E-state index is -0.186. The van der Waals surface area contributed by atoms with Crippen molar-refractivity contribution in [3.63, 3.8) is 0 Å². The lowest BCUT2D eigenvalue weighted by Crippen LogP contribution is -2.30. The number of Topliss-reactive ketones (excluding diaryl/α,β-unsaturated/α-hetero) is 1. The molecule has 4 rings (SSSR count). The van der Waals surface area contributed by atoms with E-state index in [1.165, 1.54) is 6.07 Å². The molecule has 2 unspecified atom stereocenters. The van der Waals surface area contributed by atoms with E-state index in [4.69, 9.17) is 0 Å². The predicted molar refractivity (Wildman–Crippen MR) is 101 cm³/mol. The molecule has 0 radical (unpaired) electrons. The van der Waals surface area contributed by atoms with Gasteiger partial charge in [0.2, 0.25) is 0 Å². The summed E-state index contributed by atoms with van der Waals surface area (Å²) in [5.41, 5.74) is 3.43. The van der Waals surface area contributed by atoms with Gasteiger partial charge in [0.25, 0.3) is 0 Å². The molecule has 0 bridgehead atoms. The Morgan fingerprint density at radius 3 is 2.88 bits per heavy atom. The maximum atomic E-state index is 13.8. The van der Waals surface area contributed by atoms with Crippen LogP contribution in [0.2, 0.25) is 0 Å². The molecule has 1 aliphatic heterocycles. The molecule has 1 fully saturated rings. The lowest BCUT2D eigenvalue weighted by molar-refractivity contribution is 0.0934. The number of halogens is 1. The molecule has 2 atom stereocenters. The highest BCUT2D eigenvalue weighted by Crippen LogP contribution is 2.29. The summed E-state index contributed by atoms with van der Waals surface area (Å²) >= 11 is 1.88. The molecule has 0 saturated carbocycles. The molecule has 25 heavy (non-hydrogen) atoms. The molecule has 1 aliphatic carbocycles. The molecule has 0 aromatic heterocycles. The Hall–Kier alpha value is -1.91. The zero-order valence-electron chi connectivity index (χ0n) is 13.9. The van der Waals surface area contributed by atoms with Gasteiger partial charge >= 0.3 is 0 Å². The molecule has 2 aliphatic rings. The summed E-state index contributed by atoms with van der Waals surface area (Å²) < 4.78 is 13.8. The van der Waals surface area contributed by atoms with Crippen molar-refractivity contribution in [2.45, 2.75) is 18.9 Å². The van der Waals surface area contributed by atoms with Crippen molar-refractivity contribution >= 4 is 23.6 Å². The van der Waals surface area contributed by atoms with Crippen molar-refractivity contribution < 1.29 is 9.18 Å². The van der Waals surface area contributed by atoms with Gasteiger partial charge in [-0.2, -0.15) is 0 Å². The van der Waals surface area contributed by atoms with Crippen LogP contribution >= 0.6 is 11.8 Å². The van der Waals surface area contributed by atoms with Crippen LogP contribution in [0.15, 0.2) is 48.5 Å². The number of rotatable bonds is 4. The zero-order valence-corrected chi connectivity index (χ0v) is 14.7. The van der Waals surface area contributed by atoms with Crippen LogP contribution in [0.3, 0.4) is 0 Å². The molecule has 0 amide bonds. The second-order valence-electron chi connectivity index (χ2n) is 6.67. The normalized spacial score (nSPS) is 22.2. The van der Waals surface area contributed by atoms with Gasteiger partial charge in [-0.05, 0) is 29.2 Å². The summed E-state index contributed by atoms with van der Waals surface area (Å²) in [4.78, 5) is 12.8. The summed E-state index contributed by atoms with van der Waals surface area (Å²) in [6.07, 6.45) is 5.48. The number of ketones is 1. The van der Waals surface area contributed by atoms with E-state index in [-0.39, 0.29) is 17.5 Å². The monoisotopic (exact) mass is 353 g/mol. The van der Waals surface area contributed by atoms with Crippen LogP contribution in [-0.4, -0.2) is 23.5 Å². The molecule has 1 heterocycles. The van der Waals surface area contributed by atoms with Gasteiger partial charge in [0, 0.05) is 35.6 Å². The van der Waals surface area contributed by atoms with Crippen LogP contribution in [0.1, 0.15) is 33.5 Å². The van der Waals surface area contributed by atoms with Gasteiger partial charge in [0.1, 0.15) is 5.82 Å². The van der Waals surface area contributed by atoms with Gasteiger partial charge in [0.05, 0.1) is 0 Å². The third-order valence-corrected chi connectivity index (χ3v) is 5.92. The highest BCUT2D eigenvalue weighted by atomic mass is 32.2. The number of nitrogens with one attached hydrogen (secondary N) is 1. The first-order valence-corrected chi connectivity index (χ1v) is 9.76. The van der Waals surface area contributed by atoms with Gasteiger partial charge in [-0.1, -0.05) is 48.6 Å². The van der Waals surface area contributed by atoms with E-state index in [2.05, 4.69) is 5.32 Å². The van der Waals surface area contributed by atoms with E-state index in [0.717, 1.165) is 34.7 Å². The summed E-state index contributed by atoms with van der Waals surface area (Å²) in [7, 11) is 0. The van der Waals surface area contributed by atoms with E-state index in [9.17, 15) is 9.18 Å². The fourth-order valence-corrected chi connectivity index (χ4v) is 4.54. The smallest absolute Gasteiger partial charge is 0.170 e. The molecule has 1 saturated heterocycles. The van der Waals surface area contributed by atoms with Gasteiger partial charge in [-0.3, -0.25) is 4.79 Å². The average Bonchev–Trinajstić information content (AvgIpc) is 3.13. The van der Waals surface area contributed by atoms with Crippen LogP contribution in [0.25, 0.3) is 6.08 Å². The van der Waals surface area contributed by atoms with Crippen molar-refractivity contribution in [3.8, 4) is 0 Å². The van der Waals surface area contributed by atoms with Crippen LogP contribution < -0.4 is 5.32 Å². The molecule has 2 aromatic carbocycles. The first-order valence-electron chi connectivity index (χ1n) is 8.60. The molecular formula is C21H20FNOS. The fraction of sp³-hybridized carbons (Fsp3) is 0.286. The predicted octanol–water partition coefficient (Wildman–Crippen LogP) is 4.29. The molecule has 1 N–H and O–H groups in total. The maximum absolute atomic E-state index is 13.8. The topological polar surface area (TPSA) is 29.1 Å². The highest BCUT2D eigenvalue weighted by Gasteiger charge is 2.27. The van der Waals surface area contributed by atoms with Gasteiger partial charge in [-0.25, -0.2) is 4.39 Å². The van der Waals surface area contributed by atoms with Crippen molar-refractivity contribution in [1.29, 1.82) is 0 Å². The second kappa shape index (κ2) is 7.14. The SMILES string of the molecule is O=C1c2ccc(Cc3ccccc3F)cc2C=CC1CC1CSCN1. The minimum absolute atomic E-state index is 0.0406. The van der Waals surface area contributed by atoms with Crippen molar-refractivity contribution in [1.82, 2.24) is 5.32 Å². The van der Waals surface area contributed by atoms with E-state index in [1.807, 2.05) is 48.2 Å². The average molecular weight is 353 g/mol. The molecule has 128 valence electrons. The largest absolute Gasteiger partial charge is 0.304 e. The zero-order chi connectivity index (χ0) is 17.2. The van der Waals surface area contributed by atoms with Crippen molar-refractivity contribution in [2.24, 2.45) is 5.92 Å². The Balaban J connectivity index is 1.53. The molecule has 0 spiro atoms. The Labute approximate surface area is 151 Å². The van der Waals surface area contributed by atoms with Crippen LogP contribution in [0.4, 0.5) is 4.39 Å². The number of thioether (sulfide) groups is 1. The van der Waals surface area contributed by atoms with Crippen LogP contribution in [0, 0.1) is 11.7 Å². The number of hydrogen-bond donors (Lipinski definition) is 1. The van der Waals surface area contributed by atoms with E-state index < -0.39 is 0 Å². The van der Waals surface area contributed by atoms with Crippen molar-refractivity contribution in [2.75, 3.05) is 11.6 Å². The molecule has 2 aromatic rings. The number of fused-ring (bicyclic) bond motifs is 1. The Morgan fingerprint density at radius 2 is 2.08 bits per heavy atom. The van der Waals surface area contributed by atoms with Gasteiger partial charge in [0.15, 0.2) is 5.78 Å². The van der Waals surface area contributed by atoms with E-state index >= 15 is 0 Å². The first kappa shape index (κ1) is 16.6. The summed E-state index contributed by atoms with van der Waals surface area (Å²) in [5.74, 6) is 2.03. The quantitative estimate of drug-likeness (QED) is 0.889. The van der Waals surface area contributed by atoms with Crippen molar-refractivity contribution in [3.05, 3.63) is 76.6 Å². The van der Waals surface area contributed by atoms with Crippen LogP contribution in [-0.2, 0) is 6.42 Å². The lowest BCUT2D eigenvalue weighted by Gasteiger charge is -2.21. The van der Waals surface area contributed by atoms with Crippen LogP contribution in [0.5, 0.6) is 0 Å². The minimum Gasteiger partial charge on any atom is -0.304 e. The third kappa shape index (κ3) is 3.55. The van der Waals surface area contributed by atoms with E-state index in [1.54, 1.807) is 12.1 Å². The second-order valence-corrected chi connectivity index (χ2v) is 7.70.